The molecule has 0 atom stereocenters. The Balaban J connectivity index is 1.85. The molecule has 1 amide bonds. The SMILES string of the molecule is O=C(Nc1ccc(F)c(F)c1F)c1cc(-c2ccccc2Cl)on1. The van der Waals surface area contributed by atoms with Crippen molar-refractivity contribution in [1.82, 2.24) is 5.16 Å². The fraction of sp³-hybridized carbons (Fsp3) is 0. The van der Waals surface area contributed by atoms with E-state index in [1.807, 2.05) is 0 Å². The first-order chi connectivity index (χ1) is 11.5. The molecular formula is C16H8ClF3N2O2. The third-order valence-electron chi connectivity index (χ3n) is 3.17. The molecule has 0 saturated heterocycles. The Labute approximate surface area is 138 Å². The number of benzene rings is 2. The molecule has 8 heteroatoms. The van der Waals surface area contributed by atoms with Gasteiger partial charge in [0.05, 0.1) is 10.7 Å². The van der Waals surface area contributed by atoms with Gasteiger partial charge in [0.25, 0.3) is 5.91 Å². The molecule has 0 aliphatic rings. The molecule has 3 aromatic rings. The molecule has 24 heavy (non-hydrogen) atoms. The first-order valence-corrected chi connectivity index (χ1v) is 7.01. The summed E-state index contributed by atoms with van der Waals surface area (Å²) in [4.78, 5) is 12.0. The van der Waals surface area contributed by atoms with Crippen LogP contribution in [0.1, 0.15) is 10.5 Å². The number of hydrogen-bond donors (Lipinski definition) is 1. The number of rotatable bonds is 3. The van der Waals surface area contributed by atoms with Crippen molar-refractivity contribution in [3.8, 4) is 11.3 Å². The summed E-state index contributed by atoms with van der Waals surface area (Å²) in [6.07, 6.45) is 0. The molecule has 0 unspecified atom stereocenters. The summed E-state index contributed by atoms with van der Waals surface area (Å²) in [6, 6.07) is 9.65. The minimum absolute atomic E-state index is 0.172. The normalized spacial score (nSPS) is 10.7. The van der Waals surface area contributed by atoms with E-state index in [2.05, 4.69) is 10.5 Å². The van der Waals surface area contributed by atoms with Gasteiger partial charge in [-0.1, -0.05) is 28.9 Å². The third-order valence-corrected chi connectivity index (χ3v) is 3.50. The van der Waals surface area contributed by atoms with E-state index in [4.69, 9.17) is 16.1 Å². The highest BCUT2D eigenvalue weighted by Gasteiger charge is 2.19. The fourth-order valence-electron chi connectivity index (χ4n) is 1.98. The van der Waals surface area contributed by atoms with Crippen LogP contribution in [0.3, 0.4) is 0 Å². The summed E-state index contributed by atoms with van der Waals surface area (Å²) < 4.78 is 44.7. The molecule has 122 valence electrons. The third kappa shape index (κ3) is 2.98. The largest absolute Gasteiger partial charge is 0.355 e. The lowest BCUT2D eigenvalue weighted by Gasteiger charge is -2.05. The monoisotopic (exact) mass is 352 g/mol. The van der Waals surface area contributed by atoms with Crippen LogP contribution in [0, 0.1) is 17.5 Å². The zero-order valence-electron chi connectivity index (χ0n) is 11.8. The minimum Gasteiger partial charge on any atom is -0.355 e. The van der Waals surface area contributed by atoms with Crippen LogP contribution >= 0.6 is 11.6 Å². The fourth-order valence-corrected chi connectivity index (χ4v) is 2.21. The van der Waals surface area contributed by atoms with Crippen LogP contribution in [0.5, 0.6) is 0 Å². The number of aromatic nitrogens is 1. The van der Waals surface area contributed by atoms with Crippen molar-refractivity contribution in [2.75, 3.05) is 5.32 Å². The Hall–Kier alpha value is -2.80. The Bertz CT molecular complexity index is 927. The smallest absolute Gasteiger partial charge is 0.277 e. The number of amides is 1. The van der Waals surface area contributed by atoms with Crippen LogP contribution in [0.4, 0.5) is 18.9 Å². The summed E-state index contributed by atoms with van der Waals surface area (Å²) in [5.74, 6) is -5.14. The second-order valence-electron chi connectivity index (χ2n) is 4.73. The highest BCUT2D eigenvalue weighted by molar-refractivity contribution is 6.33. The molecule has 2 aromatic carbocycles. The van der Waals surface area contributed by atoms with Crippen molar-refractivity contribution in [2.24, 2.45) is 0 Å². The van der Waals surface area contributed by atoms with E-state index < -0.39 is 29.0 Å². The Morgan fingerprint density at radius 2 is 1.83 bits per heavy atom. The maximum atomic E-state index is 13.6. The molecule has 1 heterocycles. The van der Waals surface area contributed by atoms with Gasteiger partial charge in [0.2, 0.25) is 0 Å². The average Bonchev–Trinajstić information content (AvgIpc) is 3.06. The quantitative estimate of drug-likeness (QED) is 0.697. The minimum atomic E-state index is -1.68. The van der Waals surface area contributed by atoms with Gasteiger partial charge in [-0.3, -0.25) is 4.79 Å². The van der Waals surface area contributed by atoms with Crippen molar-refractivity contribution in [2.45, 2.75) is 0 Å². The summed E-state index contributed by atoms with van der Waals surface area (Å²) in [7, 11) is 0. The van der Waals surface area contributed by atoms with Crippen molar-refractivity contribution in [1.29, 1.82) is 0 Å². The Morgan fingerprint density at radius 3 is 2.58 bits per heavy atom. The lowest BCUT2D eigenvalue weighted by Crippen LogP contribution is -2.14. The lowest BCUT2D eigenvalue weighted by atomic mass is 10.1. The summed E-state index contributed by atoms with van der Waals surface area (Å²) >= 11 is 6.02. The predicted octanol–water partition coefficient (Wildman–Crippen LogP) is 4.66. The lowest BCUT2D eigenvalue weighted by molar-refractivity contribution is 0.101. The van der Waals surface area contributed by atoms with Crippen molar-refractivity contribution >= 4 is 23.2 Å². The van der Waals surface area contributed by atoms with E-state index in [1.165, 1.54) is 6.07 Å². The van der Waals surface area contributed by atoms with E-state index >= 15 is 0 Å². The Kier molecular flexibility index (Phi) is 4.26. The first-order valence-electron chi connectivity index (χ1n) is 6.64. The molecule has 3 rings (SSSR count). The molecule has 1 N–H and O–H groups in total. The maximum Gasteiger partial charge on any atom is 0.277 e. The standard InChI is InChI=1S/C16H8ClF3N2O2/c17-9-4-2-1-3-8(9)13-7-12(22-24-13)16(23)21-11-6-5-10(18)14(19)15(11)20/h1-7H,(H,21,23). The van der Waals surface area contributed by atoms with Gasteiger partial charge in [-0.25, -0.2) is 13.2 Å². The molecule has 0 radical (unpaired) electrons. The number of nitrogens with one attached hydrogen (secondary N) is 1. The van der Waals surface area contributed by atoms with Crippen LogP contribution < -0.4 is 5.32 Å². The number of nitrogens with zero attached hydrogens (tertiary/aromatic N) is 1. The summed E-state index contributed by atoms with van der Waals surface area (Å²) in [5, 5.41) is 6.06. The van der Waals surface area contributed by atoms with Crippen molar-refractivity contribution in [3.63, 3.8) is 0 Å². The molecule has 1 aromatic heterocycles. The van der Waals surface area contributed by atoms with Gasteiger partial charge in [-0.15, -0.1) is 0 Å². The van der Waals surface area contributed by atoms with Gasteiger partial charge < -0.3 is 9.84 Å². The number of carbonyl (C=O) groups is 1. The second kappa shape index (κ2) is 6.37. The maximum absolute atomic E-state index is 13.6. The van der Waals surface area contributed by atoms with Crippen LogP contribution in [0.2, 0.25) is 5.02 Å². The topological polar surface area (TPSA) is 55.1 Å². The Morgan fingerprint density at radius 1 is 1.08 bits per heavy atom. The zero-order chi connectivity index (χ0) is 17.3. The first kappa shape index (κ1) is 16.1. The predicted molar refractivity (Wildman–Crippen MR) is 81.2 cm³/mol. The molecule has 0 aliphatic heterocycles. The van der Waals surface area contributed by atoms with E-state index in [0.29, 0.717) is 16.7 Å². The van der Waals surface area contributed by atoms with Crippen molar-refractivity contribution in [3.05, 3.63) is 70.6 Å². The van der Waals surface area contributed by atoms with Gasteiger partial charge >= 0.3 is 0 Å². The number of hydrogen-bond acceptors (Lipinski definition) is 3. The number of halogens is 4. The molecule has 0 spiro atoms. The van der Waals surface area contributed by atoms with Gasteiger partial charge in [0, 0.05) is 11.6 Å². The average molecular weight is 353 g/mol. The number of carbonyl (C=O) groups excluding carboxylic acids is 1. The zero-order valence-corrected chi connectivity index (χ0v) is 12.6. The highest BCUT2D eigenvalue weighted by atomic mass is 35.5. The molecule has 0 fully saturated rings. The van der Waals surface area contributed by atoms with Gasteiger partial charge in [-0.2, -0.15) is 0 Å². The second-order valence-corrected chi connectivity index (χ2v) is 5.14. The summed E-state index contributed by atoms with van der Waals surface area (Å²) in [6.45, 7) is 0. The highest BCUT2D eigenvalue weighted by Crippen LogP contribution is 2.28. The van der Waals surface area contributed by atoms with E-state index in [9.17, 15) is 18.0 Å². The van der Waals surface area contributed by atoms with E-state index in [-0.39, 0.29) is 11.5 Å². The molecule has 0 aliphatic carbocycles. The number of anilines is 1. The van der Waals surface area contributed by atoms with Gasteiger partial charge in [-0.05, 0) is 24.3 Å². The van der Waals surface area contributed by atoms with Crippen LogP contribution in [0.25, 0.3) is 11.3 Å². The molecular weight excluding hydrogens is 345 g/mol. The van der Waals surface area contributed by atoms with Crippen molar-refractivity contribution < 1.29 is 22.5 Å². The van der Waals surface area contributed by atoms with Crippen LogP contribution in [0.15, 0.2) is 47.0 Å². The molecule has 4 nitrogen and oxygen atoms in total. The van der Waals surface area contributed by atoms with Crippen LogP contribution in [-0.4, -0.2) is 11.1 Å². The summed E-state index contributed by atoms with van der Waals surface area (Å²) in [5.41, 5.74) is -0.167. The molecule has 0 bridgehead atoms. The van der Waals surface area contributed by atoms with E-state index in [0.717, 1.165) is 6.07 Å². The van der Waals surface area contributed by atoms with Gasteiger partial charge in [0.1, 0.15) is 0 Å². The molecule has 0 saturated carbocycles. The van der Waals surface area contributed by atoms with Crippen LogP contribution in [-0.2, 0) is 0 Å². The van der Waals surface area contributed by atoms with Gasteiger partial charge in [0.15, 0.2) is 28.9 Å². The van der Waals surface area contributed by atoms with E-state index in [1.54, 1.807) is 24.3 Å².